The van der Waals surface area contributed by atoms with Crippen molar-refractivity contribution >= 4 is 22.0 Å². The molecule has 0 aliphatic heterocycles. The van der Waals surface area contributed by atoms with Crippen molar-refractivity contribution in [1.82, 2.24) is 6.15 Å². The highest BCUT2D eigenvalue weighted by molar-refractivity contribution is 7.80. The van der Waals surface area contributed by atoms with Gasteiger partial charge in [-0.1, -0.05) is 194 Å². The first-order valence-electron chi connectivity index (χ1n) is 21.7. The minimum Gasteiger partial charge on any atom is -0.724 e. The Labute approximate surface area is 326 Å². The van der Waals surface area contributed by atoms with E-state index in [0.29, 0.717) is 12.8 Å². The predicted molar refractivity (Wildman–Crippen MR) is 217 cm³/mol. The molecule has 0 fully saturated rings. The average molecular weight is 780 g/mol. The molecule has 10 nitrogen and oxygen atoms in total. The third-order valence-corrected chi connectivity index (χ3v) is 10.6. The average Bonchev–Trinajstić information content (AvgIpc) is 3.09. The SMILES string of the molecule is CCCCCCCCCCCCCCCCCC(=O)CC(O)(C(=O)CCCCCCCCCCCCCCCCC)C(CC(C)O)OOS(=O)(=O)[O-].[NH4+]. The van der Waals surface area contributed by atoms with E-state index in [-0.39, 0.29) is 24.8 Å². The number of ketones is 2. The van der Waals surface area contributed by atoms with Gasteiger partial charge < -0.3 is 20.9 Å². The molecule has 0 aliphatic carbocycles. The smallest absolute Gasteiger partial charge is 0.245 e. The van der Waals surface area contributed by atoms with E-state index in [4.69, 9.17) is 4.89 Å². The molecule has 0 aromatic rings. The van der Waals surface area contributed by atoms with Crippen LogP contribution in [0.25, 0.3) is 0 Å². The van der Waals surface area contributed by atoms with Crippen molar-refractivity contribution in [1.29, 1.82) is 0 Å². The van der Waals surface area contributed by atoms with Crippen LogP contribution in [-0.2, 0) is 29.2 Å². The van der Waals surface area contributed by atoms with Gasteiger partial charge in [0.2, 0.25) is 10.4 Å². The van der Waals surface area contributed by atoms with Crippen molar-refractivity contribution < 1.29 is 42.0 Å². The molecule has 3 unspecified atom stereocenters. The Morgan fingerprint density at radius 2 is 0.887 bits per heavy atom. The van der Waals surface area contributed by atoms with Crippen molar-refractivity contribution in [3.8, 4) is 0 Å². The minimum absolute atomic E-state index is 0. The van der Waals surface area contributed by atoms with Crippen LogP contribution in [0.1, 0.15) is 239 Å². The molecule has 0 aliphatic rings. The summed E-state index contributed by atoms with van der Waals surface area (Å²) in [6, 6.07) is 0. The summed E-state index contributed by atoms with van der Waals surface area (Å²) in [4.78, 5) is 31.3. The van der Waals surface area contributed by atoms with Gasteiger partial charge in [-0.25, -0.2) is 13.3 Å². The zero-order chi connectivity index (χ0) is 38.8. The summed E-state index contributed by atoms with van der Waals surface area (Å²) in [5.41, 5.74) is -2.43. The Kier molecular flexibility index (Phi) is 37.5. The summed E-state index contributed by atoms with van der Waals surface area (Å²) >= 11 is 0. The van der Waals surface area contributed by atoms with Crippen LogP contribution in [0.3, 0.4) is 0 Å². The summed E-state index contributed by atoms with van der Waals surface area (Å²) in [5, 5.41) is 21.6. The maximum atomic E-state index is 13.4. The second-order valence-electron chi connectivity index (χ2n) is 15.6. The topological polar surface area (TPSA) is 187 Å². The zero-order valence-corrected chi connectivity index (χ0v) is 35.7. The summed E-state index contributed by atoms with van der Waals surface area (Å²) in [6.45, 7) is 5.86. The van der Waals surface area contributed by atoms with Gasteiger partial charge in [-0.15, -0.1) is 4.33 Å². The third kappa shape index (κ3) is 34.1. The molecule has 0 heterocycles. The van der Waals surface area contributed by atoms with E-state index >= 15 is 0 Å². The van der Waals surface area contributed by atoms with Crippen molar-refractivity contribution in [3.05, 3.63) is 0 Å². The Bertz CT molecular complexity index is 947. The highest BCUT2D eigenvalue weighted by atomic mass is 32.3. The van der Waals surface area contributed by atoms with Gasteiger partial charge in [-0.3, -0.25) is 9.59 Å². The van der Waals surface area contributed by atoms with E-state index < -0.39 is 46.8 Å². The van der Waals surface area contributed by atoms with E-state index in [1.165, 1.54) is 142 Å². The van der Waals surface area contributed by atoms with Crippen LogP contribution >= 0.6 is 0 Å². The van der Waals surface area contributed by atoms with Gasteiger partial charge >= 0.3 is 0 Å². The lowest BCUT2D eigenvalue weighted by Crippen LogP contribution is -2.53. The van der Waals surface area contributed by atoms with E-state index in [2.05, 4.69) is 18.2 Å². The Morgan fingerprint density at radius 3 is 1.19 bits per heavy atom. The first-order chi connectivity index (χ1) is 25.0. The minimum atomic E-state index is -5.31. The number of unbranched alkanes of at least 4 members (excludes halogenated alkanes) is 28. The number of hydrogen-bond donors (Lipinski definition) is 3. The summed E-state index contributed by atoms with van der Waals surface area (Å²) in [5.74, 6) is -1.03. The molecule has 318 valence electrons. The first-order valence-corrected chi connectivity index (χ1v) is 23.1. The molecule has 0 bridgehead atoms. The third-order valence-electron chi connectivity index (χ3n) is 10.3. The lowest BCUT2D eigenvalue weighted by molar-refractivity contribution is -0.287. The molecule has 0 aromatic carbocycles. The molecule has 0 saturated heterocycles. The van der Waals surface area contributed by atoms with Crippen molar-refractivity contribution in [3.63, 3.8) is 0 Å². The van der Waals surface area contributed by atoms with Gasteiger partial charge in [0, 0.05) is 25.7 Å². The number of quaternary nitrogens is 1. The van der Waals surface area contributed by atoms with Crippen LogP contribution in [0.2, 0.25) is 0 Å². The van der Waals surface area contributed by atoms with Crippen LogP contribution < -0.4 is 6.15 Å². The van der Waals surface area contributed by atoms with Gasteiger partial charge in [0.15, 0.2) is 11.4 Å². The number of aliphatic hydroxyl groups is 2. The molecular formula is C42H85NO9S. The lowest BCUT2D eigenvalue weighted by Gasteiger charge is -2.34. The summed E-state index contributed by atoms with van der Waals surface area (Å²) in [6.07, 6.45) is 31.8. The highest BCUT2D eigenvalue weighted by Gasteiger charge is 2.47. The maximum absolute atomic E-state index is 13.4. The Balaban J connectivity index is 0. The van der Waals surface area contributed by atoms with Crippen molar-refractivity contribution in [2.24, 2.45) is 0 Å². The molecule has 0 aromatic heterocycles. The second-order valence-corrected chi connectivity index (χ2v) is 16.6. The Morgan fingerprint density at radius 1 is 0.585 bits per heavy atom. The number of hydrogen-bond acceptors (Lipinski definition) is 9. The van der Waals surface area contributed by atoms with Crippen LogP contribution in [0.5, 0.6) is 0 Å². The van der Waals surface area contributed by atoms with Crippen LogP contribution in [-0.4, -0.2) is 52.6 Å². The number of carbonyl (C=O) groups excluding carboxylic acids is 2. The van der Waals surface area contributed by atoms with E-state index in [9.17, 15) is 32.8 Å². The van der Waals surface area contributed by atoms with E-state index in [0.717, 1.165) is 44.9 Å². The van der Waals surface area contributed by atoms with Gasteiger partial charge in [0.25, 0.3) is 0 Å². The van der Waals surface area contributed by atoms with Gasteiger partial charge in [0.1, 0.15) is 11.9 Å². The summed E-state index contributed by atoms with van der Waals surface area (Å²) in [7, 11) is -5.31. The van der Waals surface area contributed by atoms with Gasteiger partial charge in [-0.2, -0.15) is 0 Å². The standard InChI is InChI=1S/C42H82O9S.H3N/c1-4-6-8-10-12-14-16-18-20-22-24-26-28-30-32-34-39(44)37-42(46,41(36-38(3)43)50-51-52(47,48)49)40(45)35-33-31-29-27-25-23-21-19-17-15-13-11-9-7-5-2;/h38,41,43,46H,4-37H2,1-3H3,(H,47,48,49);1H3. The quantitative estimate of drug-likeness (QED) is 0.0178. The molecule has 53 heavy (non-hydrogen) atoms. The molecule has 0 spiro atoms. The first kappa shape index (κ1) is 54.2. The largest absolute Gasteiger partial charge is 0.724 e. The lowest BCUT2D eigenvalue weighted by atomic mass is 9.81. The molecular weight excluding hydrogens is 695 g/mol. The number of Topliss-reactive ketones (excluding diaryl/α,β-unsaturated/α-hetero) is 2. The molecule has 0 saturated carbocycles. The monoisotopic (exact) mass is 780 g/mol. The number of rotatable bonds is 41. The molecule has 0 rings (SSSR count). The molecule has 0 amide bonds. The number of aliphatic hydroxyl groups excluding tert-OH is 1. The Hall–Kier alpha value is -0.950. The number of carbonyl (C=O) groups is 2. The molecule has 0 radical (unpaired) electrons. The van der Waals surface area contributed by atoms with Crippen molar-refractivity contribution in [2.45, 2.75) is 257 Å². The molecule has 11 heteroatoms. The highest BCUT2D eigenvalue weighted by Crippen LogP contribution is 2.29. The van der Waals surface area contributed by atoms with Crippen molar-refractivity contribution in [2.75, 3.05) is 0 Å². The van der Waals surface area contributed by atoms with E-state index in [1.54, 1.807) is 0 Å². The second kappa shape index (κ2) is 36.7. The zero-order valence-electron chi connectivity index (χ0n) is 34.9. The maximum Gasteiger partial charge on any atom is 0.245 e. The van der Waals surface area contributed by atoms with E-state index in [1.807, 2.05) is 0 Å². The fraction of sp³-hybridized carbons (Fsp3) is 0.952. The normalized spacial score (nSPS) is 14.1. The summed E-state index contributed by atoms with van der Waals surface area (Å²) < 4.78 is 37.4. The van der Waals surface area contributed by atoms with Gasteiger partial charge in [-0.05, 0) is 19.8 Å². The molecule has 6 N–H and O–H groups in total. The molecule has 3 atom stereocenters. The predicted octanol–water partition coefficient (Wildman–Crippen LogP) is 11.7. The fourth-order valence-electron chi connectivity index (χ4n) is 7.07. The van der Waals surface area contributed by atoms with Crippen LogP contribution in [0, 0.1) is 0 Å². The van der Waals surface area contributed by atoms with Gasteiger partial charge in [0.05, 0.1) is 6.10 Å². The van der Waals surface area contributed by atoms with Crippen LogP contribution in [0.4, 0.5) is 0 Å². The fourth-order valence-corrected chi connectivity index (χ4v) is 7.26. The van der Waals surface area contributed by atoms with Crippen LogP contribution in [0.15, 0.2) is 0 Å².